The van der Waals surface area contributed by atoms with E-state index in [1.54, 1.807) is 6.07 Å². The van der Waals surface area contributed by atoms with Crippen LogP contribution in [0, 0.1) is 0 Å². The van der Waals surface area contributed by atoms with Crippen LogP contribution in [-0.2, 0) is 4.79 Å². The van der Waals surface area contributed by atoms with E-state index in [-0.39, 0.29) is 24.3 Å². The number of rotatable bonds is 5. The molecular formula is C17H16N2O4. The standard InChI is InChI=1S/C17H16N2O4/c1-11(15-9-12-5-2-3-6-13(12)23-15)19-16(20)10-18-17(21)14-7-4-8-22-14/h2-9,11H,10H2,1H3,(H,18,21)(H,19,20)/t11-/m1/s1. The minimum atomic E-state index is -0.429. The van der Waals surface area contributed by atoms with E-state index in [0.717, 1.165) is 11.0 Å². The molecular weight excluding hydrogens is 296 g/mol. The molecule has 6 heteroatoms. The minimum absolute atomic E-state index is 0.135. The highest BCUT2D eigenvalue weighted by Crippen LogP contribution is 2.23. The highest BCUT2D eigenvalue weighted by Gasteiger charge is 2.15. The van der Waals surface area contributed by atoms with Gasteiger partial charge in [0, 0.05) is 5.39 Å². The summed E-state index contributed by atoms with van der Waals surface area (Å²) in [6, 6.07) is 12.4. The molecule has 0 saturated heterocycles. The number of carbonyl (C=O) groups excluding carboxylic acids is 2. The van der Waals surface area contributed by atoms with E-state index in [9.17, 15) is 9.59 Å². The van der Waals surface area contributed by atoms with Crippen LogP contribution < -0.4 is 10.6 Å². The van der Waals surface area contributed by atoms with Crippen LogP contribution in [0.15, 0.2) is 57.6 Å². The van der Waals surface area contributed by atoms with Crippen LogP contribution in [0.25, 0.3) is 11.0 Å². The fourth-order valence-electron chi connectivity index (χ4n) is 2.23. The van der Waals surface area contributed by atoms with E-state index in [0.29, 0.717) is 5.76 Å². The first kappa shape index (κ1) is 14.9. The summed E-state index contributed by atoms with van der Waals surface area (Å²) in [4.78, 5) is 23.6. The number of carbonyl (C=O) groups is 2. The molecule has 23 heavy (non-hydrogen) atoms. The largest absolute Gasteiger partial charge is 0.459 e. The molecule has 0 radical (unpaired) electrons. The predicted octanol–water partition coefficient (Wildman–Crippen LogP) is 2.63. The van der Waals surface area contributed by atoms with Crippen molar-refractivity contribution in [3.05, 3.63) is 60.2 Å². The summed E-state index contributed by atoms with van der Waals surface area (Å²) < 4.78 is 10.7. The van der Waals surface area contributed by atoms with E-state index in [1.165, 1.54) is 12.3 Å². The molecule has 3 rings (SSSR count). The van der Waals surface area contributed by atoms with Gasteiger partial charge in [0.1, 0.15) is 11.3 Å². The normalized spacial score (nSPS) is 12.0. The van der Waals surface area contributed by atoms with Crippen molar-refractivity contribution in [3.63, 3.8) is 0 Å². The number of amides is 2. The minimum Gasteiger partial charge on any atom is -0.459 e. The maximum atomic E-state index is 11.9. The van der Waals surface area contributed by atoms with E-state index < -0.39 is 5.91 Å². The van der Waals surface area contributed by atoms with Crippen molar-refractivity contribution in [1.82, 2.24) is 10.6 Å². The Hall–Kier alpha value is -3.02. The maximum Gasteiger partial charge on any atom is 0.287 e. The van der Waals surface area contributed by atoms with Crippen molar-refractivity contribution in [3.8, 4) is 0 Å². The third-order valence-electron chi connectivity index (χ3n) is 3.40. The van der Waals surface area contributed by atoms with Gasteiger partial charge in [0.15, 0.2) is 5.76 Å². The molecule has 0 spiro atoms. The van der Waals surface area contributed by atoms with Crippen LogP contribution in [0.2, 0.25) is 0 Å². The third-order valence-corrected chi connectivity index (χ3v) is 3.40. The Bertz CT molecular complexity index is 787. The fourth-order valence-corrected chi connectivity index (χ4v) is 2.23. The zero-order valence-electron chi connectivity index (χ0n) is 12.5. The molecule has 0 saturated carbocycles. The molecule has 118 valence electrons. The predicted molar refractivity (Wildman–Crippen MR) is 83.8 cm³/mol. The number of hydrogen-bond donors (Lipinski definition) is 2. The number of nitrogens with one attached hydrogen (secondary N) is 2. The van der Waals surface area contributed by atoms with Crippen molar-refractivity contribution in [2.24, 2.45) is 0 Å². The van der Waals surface area contributed by atoms with Crippen LogP contribution in [-0.4, -0.2) is 18.4 Å². The Morgan fingerprint density at radius 1 is 1.17 bits per heavy atom. The van der Waals surface area contributed by atoms with Gasteiger partial charge in [0.2, 0.25) is 5.91 Å². The highest BCUT2D eigenvalue weighted by atomic mass is 16.3. The van der Waals surface area contributed by atoms with Crippen molar-refractivity contribution >= 4 is 22.8 Å². The molecule has 3 aromatic rings. The Morgan fingerprint density at radius 3 is 2.74 bits per heavy atom. The molecule has 0 aliphatic heterocycles. The van der Waals surface area contributed by atoms with Gasteiger partial charge in [-0.1, -0.05) is 18.2 Å². The van der Waals surface area contributed by atoms with Crippen molar-refractivity contribution in [1.29, 1.82) is 0 Å². The highest BCUT2D eigenvalue weighted by molar-refractivity contribution is 5.94. The lowest BCUT2D eigenvalue weighted by Gasteiger charge is -2.11. The first-order valence-electron chi connectivity index (χ1n) is 7.23. The summed E-state index contributed by atoms with van der Waals surface area (Å²) >= 11 is 0. The van der Waals surface area contributed by atoms with E-state index in [4.69, 9.17) is 8.83 Å². The van der Waals surface area contributed by atoms with Gasteiger partial charge >= 0.3 is 0 Å². The molecule has 0 aliphatic rings. The van der Waals surface area contributed by atoms with Crippen LogP contribution in [0.3, 0.4) is 0 Å². The van der Waals surface area contributed by atoms with Gasteiger partial charge in [-0.2, -0.15) is 0 Å². The van der Waals surface area contributed by atoms with Crippen LogP contribution in [0.1, 0.15) is 29.3 Å². The topological polar surface area (TPSA) is 84.5 Å². The summed E-state index contributed by atoms with van der Waals surface area (Å²) in [5, 5.41) is 6.25. The zero-order chi connectivity index (χ0) is 16.2. The monoisotopic (exact) mass is 312 g/mol. The van der Waals surface area contributed by atoms with Gasteiger partial charge in [0.05, 0.1) is 18.8 Å². The molecule has 2 amide bonds. The molecule has 1 atom stereocenters. The molecule has 0 aliphatic carbocycles. The number of hydrogen-bond acceptors (Lipinski definition) is 4. The van der Waals surface area contributed by atoms with E-state index in [2.05, 4.69) is 10.6 Å². The van der Waals surface area contributed by atoms with E-state index in [1.807, 2.05) is 37.3 Å². The molecule has 6 nitrogen and oxygen atoms in total. The number of benzene rings is 1. The molecule has 0 fully saturated rings. The maximum absolute atomic E-state index is 11.9. The van der Waals surface area contributed by atoms with Crippen molar-refractivity contribution < 1.29 is 18.4 Å². The summed E-state index contributed by atoms with van der Waals surface area (Å²) in [6.45, 7) is 1.69. The fraction of sp³-hybridized carbons (Fsp3) is 0.176. The quantitative estimate of drug-likeness (QED) is 0.758. The smallest absolute Gasteiger partial charge is 0.287 e. The Kier molecular flexibility index (Phi) is 4.14. The molecule has 0 unspecified atom stereocenters. The lowest BCUT2D eigenvalue weighted by atomic mass is 10.2. The Balaban J connectivity index is 1.55. The van der Waals surface area contributed by atoms with Gasteiger partial charge in [-0.05, 0) is 31.2 Å². The molecule has 2 heterocycles. The number of furan rings is 2. The van der Waals surface area contributed by atoms with E-state index >= 15 is 0 Å². The second-order valence-corrected chi connectivity index (χ2v) is 5.14. The SMILES string of the molecule is C[C@@H](NC(=O)CNC(=O)c1ccco1)c1cc2ccccc2o1. The summed E-state index contributed by atoms with van der Waals surface area (Å²) in [5.74, 6) is 0.0967. The lowest BCUT2D eigenvalue weighted by molar-refractivity contribution is -0.120. The number of fused-ring (bicyclic) bond motifs is 1. The lowest BCUT2D eigenvalue weighted by Crippen LogP contribution is -2.37. The summed E-state index contributed by atoms with van der Waals surface area (Å²) in [5.41, 5.74) is 0.773. The van der Waals surface area contributed by atoms with Gasteiger partial charge in [-0.3, -0.25) is 9.59 Å². The molecule has 2 N–H and O–H groups in total. The van der Waals surface area contributed by atoms with Crippen molar-refractivity contribution in [2.45, 2.75) is 13.0 Å². The van der Waals surface area contributed by atoms with Crippen LogP contribution in [0.5, 0.6) is 0 Å². The average Bonchev–Trinajstić information content (AvgIpc) is 3.21. The van der Waals surface area contributed by atoms with Gasteiger partial charge < -0.3 is 19.5 Å². The molecule has 0 bridgehead atoms. The number of para-hydroxylation sites is 1. The Labute approximate surface area is 132 Å². The van der Waals surface area contributed by atoms with Crippen LogP contribution in [0.4, 0.5) is 0 Å². The zero-order valence-corrected chi connectivity index (χ0v) is 12.5. The van der Waals surface area contributed by atoms with Gasteiger partial charge in [-0.15, -0.1) is 0 Å². The molecule has 1 aromatic carbocycles. The average molecular weight is 312 g/mol. The first-order chi connectivity index (χ1) is 11.1. The summed E-state index contributed by atoms with van der Waals surface area (Å²) in [6.07, 6.45) is 1.40. The Morgan fingerprint density at radius 2 is 2.00 bits per heavy atom. The second-order valence-electron chi connectivity index (χ2n) is 5.14. The van der Waals surface area contributed by atoms with Crippen LogP contribution >= 0.6 is 0 Å². The molecule has 2 aromatic heterocycles. The summed E-state index contributed by atoms with van der Waals surface area (Å²) in [7, 11) is 0. The second kappa shape index (κ2) is 6.39. The van der Waals surface area contributed by atoms with Crippen molar-refractivity contribution in [2.75, 3.05) is 6.54 Å². The van der Waals surface area contributed by atoms with Gasteiger partial charge in [-0.25, -0.2) is 0 Å². The van der Waals surface area contributed by atoms with Gasteiger partial charge in [0.25, 0.3) is 5.91 Å². The first-order valence-corrected chi connectivity index (χ1v) is 7.23. The third kappa shape index (κ3) is 3.42.